The lowest BCUT2D eigenvalue weighted by atomic mass is 9.81. The number of ether oxygens (including phenoxy) is 1. The first-order chi connectivity index (χ1) is 11.7. The summed E-state index contributed by atoms with van der Waals surface area (Å²) in [6, 6.07) is 17.4. The molecule has 24 heavy (non-hydrogen) atoms. The number of nitrogens with zero attached hydrogens (tertiary/aromatic N) is 1. The molecule has 0 aromatic heterocycles. The Labute approximate surface area is 142 Å². The predicted octanol–water partition coefficient (Wildman–Crippen LogP) is 5.58. The van der Waals surface area contributed by atoms with Crippen LogP contribution in [0.25, 0.3) is 0 Å². The molecule has 2 nitrogen and oxygen atoms in total. The van der Waals surface area contributed by atoms with Gasteiger partial charge in [0.05, 0.1) is 5.69 Å². The fourth-order valence-corrected chi connectivity index (χ4v) is 3.82. The van der Waals surface area contributed by atoms with E-state index in [0.29, 0.717) is 5.90 Å². The highest BCUT2D eigenvalue weighted by Gasteiger charge is 2.44. The number of fused-ring (bicyclic) bond motifs is 1. The molecule has 0 amide bonds. The Hall–Kier alpha value is -2.16. The second kappa shape index (κ2) is 6.39. The number of rotatable bonds is 2. The van der Waals surface area contributed by atoms with Crippen LogP contribution in [-0.2, 0) is 11.2 Å². The fraction of sp³-hybridized carbons (Fsp3) is 0.381. The molecule has 3 heteroatoms. The molecule has 1 heterocycles. The van der Waals surface area contributed by atoms with Gasteiger partial charge in [-0.15, -0.1) is 0 Å². The van der Waals surface area contributed by atoms with E-state index < -0.39 is 5.85 Å². The average Bonchev–Trinajstić information content (AvgIpc) is 2.80. The van der Waals surface area contributed by atoms with Crippen molar-refractivity contribution < 1.29 is 9.13 Å². The lowest BCUT2D eigenvalue weighted by molar-refractivity contribution is -0.128. The molecule has 1 saturated carbocycles. The van der Waals surface area contributed by atoms with E-state index in [9.17, 15) is 0 Å². The van der Waals surface area contributed by atoms with Crippen LogP contribution < -0.4 is 0 Å². The second-order valence-corrected chi connectivity index (χ2v) is 6.81. The molecule has 1 aliphatic carbocycles. The van der Waals surface area contributed by atoms with Gasteiger partial charge in [0.1, 0.15) is 0 Å². The Bertz CT molecular complexity index is 737. The normalized spacial score (nSPS) is 24.5. The highest BCUT2D eigenvalue weighted by Crippen LogP contribution is 2.42. The van der Waals surface area contributed by atoms with Crippen LogP contribution in [-0.4, -0.2) is 11.8 Å². The van der Waals surface area contributed by atoms with Crippen LogP contribution >= 0.6 is 0 Å². The van der Waals surface area contributed by atoms with Crippen LogP contribution in [0.4, 0.5) is 10.1 Å². The van der Waals surface area contributed by atoms with Gasteiger partial charge in [-0.2, -0.15) is 4.39 Å². The minimum atomic E-state index is -1.68. The van der Waals surface area contributed by atoms with Crippen molar-refractivity contribution in [1.82, 2.24) is 0 Å². The molecular weight excluding hydrogens is 301 g/mol. The maximum Gasteiger partial charge on any atom is 0.257 e. The van der Waals surface area contributed by atoms with Crippen molar-refractivity contribution in [3.63, 3.8) is 0 Å². The first-order valence-corrected chi connectivity index (χ1v) is 8.84. The van der Waals surface area contributed by atoms with Crippen molar-refractivity contribution in [2.75, 3.05) is 0 Å². The Morgan fingerprint density at radius 3 is 2.42 bits per heavy atom. The summed E-state index contributed by atoms with van der Waals surface area (Å²) in [5, 5.41) is 0. The number of para-hydroxylation sites is 1. The monoisotopic (exact) mass is 323 g/mol. The van der Waals surface area contributed by atoms with E-state index in [1.165, 1.54) is 6.42 Å². The van der Waals surface area contributed by atoms with E-state index in [1.54, 1.807) is 0 Å². The highest BCUT2D eigenvalue weighted by atomic mass is 19.2. The Morgan fingerprint density at radius 2 is 1.62 bits per heavy atom. The van der Waals surface area contributed by atoms with Gasteiger partial charge >= 0.3 is 0 Å². The van der Waals surface area contributed by atoms with Gasteiger partial charge < -0.3 is 4.74 Å². The third-order valence-electron chi connectivity index (χ3n) is 5.15. The van der Waals surface area contributed by atoms with Crippen molar-refractivity contribution in [2.45, 2.75) is 44.4 Å². The molecule has 0 saturated heterocycles. The zero-order chi connectivity index (χ0) is 16.4. The summed E-state index contributed by atoms with van der Waals surface area (Å²) in [6.07, 6.45) is 5.41. The Kier molecular flexibility index (Phi) is 4.09. The van der Waals surface area contributed by atoms with Crippen molar-refractivity contribution in [3.8, 4) is 0 Å². The fourth-order valence-electron chi connectivity index (χ4n) is 3.82. The largest absolute Gasteiger partial charge is 0.440 e. The third kappa shape index (κ3) is 2.95. The summed E-state index contributed by atoms with van der Waals surface area (Å²) >= 11 is 0. The van der Waals surface area contributed by atoms with E-state index in [-0.39, 0.29) is 12.3 Å². The average molecular weight is 323 g/mol. The number of halogens is 1. The van der Waals surface area contributed by atoms with Crippen molar-refractivity contribution >= 4 is 11.6 Å². The molecule has 0 spiro atoms. The standard InChI is InChI=1S/C21H22FNO/c22-21(18-12-5-2-6-13-18)15-17-11-7-8-14-19(17)23-20(24-21)16-9-3-1-4-10-16/h1,3-4,7-11,14,18H,2,5-6,12-13,15H2/t21-/m0/s1. The first kappa shape index (κ1) is 15.4. The lowest BCUT2D eigenvalue weighted by Crippen LogP contribution is -2.41. The minimum absolute atomic E-state index is 0.0636. The molecule has 4 rings (SSSR count). The molecule has 0 unspecified atom stereocenters. The van der Waals surface area contributed by atoms with Crippen LogP contribution in [0, 0.1) is 5.92 Å². The zero-order valence-corrected chi connectivity index (χ0v) is 13.7. The summed E-state index contributed by atoms with van der Waals surface area (Å²) < 4.78 is 22.0. The summed E-state index contributed by atoms with van der Waals surface area (Å²) in [5.41, 5.74) is 2.57. The second-order valence-electron chi connectivity index (χ2n) is 6.81. The Morgan fingerprint density at radius 1 is 0.917 bits per heavy atom. The quantitative estimate of drug-likeness (QED) is 0.706. The first-order valence-electron chi connectivity index (χ1n) is 8.84. The summed E-state index contributed by atoms with van der Waals surface area (Å²) in [4.78, 5) is 4.65. The highest BCUT2D eigenvalue weighted by molar-refractivity contribution is 5.96. The van der Waals surface area contributed by atoms with Crippen LogP contribution in [0.1, 0.15) is 43.2 Å². The van der Waals surface area contributed by atoms with Gasteiger partial charge in [0, 0.05) is 17.9 Å². The lowest BCUT2D eigenvalue weighted by Gasteiger charge is -2.35. The number of benzene rings is 2. The number of aliphatic imine (C=N–C) groups is 1. The molecule has 1 atom stereocenters. The molecule has 0 N–H and O–H groups in total. The maximum absolute atomic E-state index is 16.0. The molecule has 0 bridgehead atoms. The summed E-state index contributed by atoms with van der Waals surface area (Å²) in [5.74, 6) is -1.35. The zero-order valence-electron chi connectivity index (χ0n) is 13.7. The van der Waals surface area contributed by atoms with E-state index in [0.717, 1.165) is 42.5 Å². The smallest absolute Gasteiger partial charge is 0.257 e. The number of hydrogen-bond acceptors (Lipinski definition) is 2. The van der Waals surface area contributed by atoms with Crippen LogP contribution in [0.2, 0.25) is 0 Å². The SMILES string of the molecule is F[C@@]1(C2CCCCC2)Cc2ccccc2N=C(c2ccccc2)O1. The van der Waals surface area contributed by atoms with Crippen LogP contribution in [0.15, 0.2) is 59.6 Å². The van der Waals surface area contributed by atoms with E-state index in [4.69, 9.17) is 4.74 Å². The molecule has 124 valence electrons. The topological polar surface area (TPSA) is 21.6 Å². The van der Waals surface area contributed by atoms with Gasteiger partial charge in [0.25, 0.3) is 5.85 Å². The number of alkyl halides is 1. The van der Waals surface area contributed by atoms with E-state index >= 15 is 4.39 Å². The molecule has 1 fully saturated rings. The van der Waals surface area contributed by atoms with E-state index in [2.05, 4.69) is 4.99 Å². The molecule has 2 aliphatic rings. The maximum atomic E-state index is 16.0. The number of hydrogen-bond donors (Lipinski definition) is 0. The van der Waals surface area contributed by atoms with Gasteiger partial charge in [0.15, 0.2) is 0 Å². The van der Waals surface area contributed by atoms with Gasteiger partial charge in [-0.1, -0.05) is 55.7 Å². The van der Waals surface area contributed by atoms with Crippen LogP contribution in [0.5, 0.6) is 0 Å². The molecular formula is C21H22FNO. The van der Waals surface area contributed by atoms with Crippen LogP contribution in [0.3, 0.4) is 0 Å². The summed E-state index contributed by atoms with van der Waals surface area (Å²) in [7, 11) is 0. The van der Waals surface area contributed by atoms with Gasteiger partial charge in [-0.3, -0.25) is 0 Å². The van der Waals surface area contributed by atoms with Crippen molar-refractivity contribution in [2.24, 2.45) is 10.9 Å². The molecule has 2 aromatic carbocycles. The van der Waals surface area contributed by atoms with Crippen molar-refractivity contribution in [1.29, 1.82) is 0 Å². The van der Waals surface area contributed by atoms with Crippen molar-refractivity contribution in [3.05, 3.63) is 65.7 Å². The van der Waals surface area contributed by atoms with E-state index in [1.807, 2.05) is 54.6 Å². The Balaban J connectivity index is 1.77. The molecule has 1 aliphatic heterocycles. The van der Waals surface area contributed by atoms with Gasteiger partial charge in [0.2, 0.25) is 5.90 Å². The van der Waals surface area contributed by atoms with Gasteiger partial charge in [-0.25, -0.2) is 4.99 Å². The molecule has 2 aromatic rings. The summed E-state index contributed by atoms with van der Waals surface area (Å²) in [6.45, 7) is 0. The minimum Gasteiger partial charge on any atom is -0.440 e. The van der Waals surface area contributed by atoms with Gasteiger partial charge in [-0.05, 0) is 36.6 Å². The predicted molar refractivity (Wildman–Crippen MR) is 94.3 cm³/mol. The third-order valence-corrected chi connectivity index (χ3v) is 5.15. The molecule has 0 radical (unpaired) electrons.